The molecule has 1 heterocycles. The first-order valence-electron chi connectivity index (χ1n) is 10.3. The maximum Gasteiger partial charge on any atom is 0.252 e. The van der Waals surface area contributed by atoms with E-state index in [9.17, 15) is 13.2 Å². The van der Waals surface area contributed by atoms with Crippen LogP contribution in [-0.2, 0) is 16.4 Å². The molecule has 32 heavy (non-hydrogen) atoms. The Balaban J connectivity index is 1.65. The third-order valence-electron chi connectivity index (χ3n) is 5.57. The molecule has 0 atom stereocenters. The maximum atomic E-state index is 13.1. The molecule has 1 amide bonds. The Morgan fingerprint density at radius 2 is 1.62 bits per heavy atom. The topological polar surface area (TPSA) is 76.1 Å². The van der Waals surface area contributed by atoms with E-state index in [1.54, 1.807) is 24.3 Å². The number of benzene rings is 3. The second kappa shape index (κ2) is 8.55. The summed E-state index contributed by atoms with van der Waals surface area (Å²) in [6.07, 6.45) is 1.17. The van der Waals surface area contributed by atoms with Gasteiger partial charge in [0.05, 0.1) is 21.7 Å². The minimum absolute atomic E-state index is 0.208. The highest BCUT2D eigenvalue weighted by molar-refractivity contribution is 7.90. The summed E-state index contributed by atoms with van der Waals surface area (Å²) in [7, 11) is -3.25. The van der Waals surface area contributed by atoms with Gasteiger partial charge in [0, 0.05) is 23.8 Å². The zero-order valence-corrected chi connectivity index (χ0v) is 19.0. The van der Waals surface area contributed by atoms with E-state index in [1.807, 2.05) is 36.4 Å². The molecule has 1 aromatic heterocycles. The monoisotopic (exact) mass is 444 g/mol. The fourth-order valence-electron chi connectivity index (χ4n) is 3.54. The minimum atomic E-state index is -3.25. The van der Waals surface area contributed by atoms with Crippen LogP contribution in [0.3, 0.4) is 0 Å². The van der Waals surface area contributed by atoms with Crippen molar-refractivity contribution < 1.29 is 13.2 Å². The number of carbonyl (C=O) groups excluding carboxylic acids is 1. The molecule has 4 aromatic rings. The molecular weight excluding hydrogens is 420 g/mol. The molecule has 0 saturated carbocycles. The number of sulfone groups is 1. The summed E-state index contributed by atoms with van der Waals surface area (Å²) in [5.41, 5.74) is 6.20. The highest BCUT2D eigenvalue weighted by atomic mass is 32.2. The van der Waals surface area contributed by atoms with Gasteiger partial charge in [-0.05, 0) is 60.9 Å². The lowest BCUT2D eigenvalue weighted by molar-refractivity contribution is 0.0952. The van der Waals surface area contributed by atoms with Crippen molar-refractivity contribution in [2.45, 2.75) is 25.3 Å². The van der Waals surface area contributed by atoms with Crippen molar-refractivity contribution in [3.63, 3.8) is 0 Å². The van der Waals surface area contributed by atoms with Crippen LogP contribution < -0.4 is 5.32 Å². The highest BCUT2D eigenvalue weighted by Gasteiger charge is 2.14. The Hall–Kier alpha value is -3.51. The van der Waals surface area contributed by atoms with Crippen LogP contribution in [-0.4, -0.2) is 25.6 Å². The number of nitrogens with zero attached hydrogens (tertiary/aromatic N) is 1. The predicted molar refractivity (Wildman–Crippen MR) is 127 cm³/mol. The molecule has 0 aliphatic rings. The van der Waals surface area contributed by atoms with Crippen molar-refractivity contribution in [3.05, 3.63) is 95.1 Å². The molecule has 6 heteroatoms. The minimum Gasteiger partial charge on any atom is -0.348 e. The number of aryl methyl sites for hydroxylation is 2. The lowest BCUT2D eigenvalue weighted by Crippen LogP contribution is -2.23. The zero-order valence-electron chi connectivity index (χ0n) is 18.2. The molecule has 0 unspecified atom stereocenters. The van der Waals surface area contributed by atoms with Gasteiger partial charge in [-0.1, -0.05) is 42.5 Å². The number of fused-ring (bicyclic) bond motifs is 1. The SMILES string of the molecule is Cc1ccc(-c2cc(C(=O)NCc3ccc(S(C)(=O)=O)cc3)c3ccccc3n2)cc1C. The Kier molecular flexibility index (Phi) is 5.80. The quantitative estimate of drug-likeness (QED) is 0.477. The number of rotatable bonds is 5. The van der Waals surface area contributed by atoms with Gasteiger partial charge in [-0.2, -0.15) is 0 Å². The molecule has 3 aromatic carbocycles. The summed E-state index contributed by atoms with van der Waals surface area (Å²) >= 11 is 0. The van der Waals surface area contributed by atoms with Crippen LogP contribution in [0.2, 0.25) is 0 Å². The van der Waals surface area contributed by atoms with Crippen LogP contribution in [0, 0.1) is 13.8 Å². The molecular formula is C26H24N2O3S. The van der Waals surface area contributed by atoms with Gasteiger partial charge in [0.15, 0.2) is 9.84 Å². The maximum absolute atomic E-state index is 13.1. The summed E-state index contributed by atoms with van der Waals surface area (Å²) in [6, 6.07) is 22.1. The van der Waals surface area contributed by atoms with Gasteiger partial charge in [-0.3, -0.25) is 4.79 Å². The average Bonchev–Trinajstić information content (AvgIpc) is 2.78. The summed E-state index contributed by atoms with van der Waals surface area (Å²) in [5.74, 6) is -0.208. The lowest BCUT2D eigenvalue weighted by atomic mass is 10.0. The van der Waals surface area contributed by atoms with Crippen molar-refractivity contribution in [3.8, 4) is 11.3 Å². The number of nitrogens with one attached hydrogen (secondary N) is 1. The van der Waals surface area contributed by atoms with E-state index in [-0.39, 0.29) is 10.8 Å². The van der Waals surface area contributed by atoms with Crippen LogP contribution >= 0.6 is 0 Å². The fourth-order valence-corrected chi connectivity index (χ4v) is 4.17. The van der Waals surface area contributed by atoms with Crippen molar-refractivity contribution in [2.24, 2.45) is 0 Å². The molecule has 0 bridgehead atoms. The molecule has 0 aliphatic carbocycles. The summed E-state index contributed by atoms with van der Waals surface area (Å²) in [4.78, 5) is 18.2. The first-order valence-corrected chi connectivity index (χ1v) is 12.2. The number of hydrogen-bond acceptors (Lipinski definition) is 4. The van der Waals surface area contributed by atoms with E-state index in [0.29, 0.717) is 12.1 Å². The molecule has 1 N–H and O–H groups in total. The normalized spacial score (nSPS) is 11.5. The molecule has 0 fully saturated rings. The molecule has 4 rings (SSSR count). The van der Waals surface area contributed by atoms with E-state index < -0.39 is 9.84 Å². The Bertz CT molecular complexity index is 1430. The van der Waals surface area contributed by atoms with Crippen molar-refractivity contribution in [2.75, 3.05) is 6.26 Å². The van der Waals surface area contributed by atoms with Crippen molar-refractivity contribution in [1.29, 1.82) is 0 Å². The van der Waals surface area contributed by atoms with Gasteiger partial charge in [-0.15, -0.1) is 0 Å². The van der Waals surface area contributed by atoms with Gasteiger partial charge >= 0.3 is 0 Å². The molecule has 0 aliphatic heterocycles. The van der Waals surface area contributed by atoms with E-state index in [0.717, 1.165) is 27.7 Å². The average molecular weight is 445 g/mol. The summed E-state index contributed by atoms with van der Waals surface area (Å²) in [5, 5.41) is 3.73. The second-order valence-corrected chi connectivity index (χ2v) is 9.99. The van der Waals surface area contributed by atoms with Crippen LogP contribution in [0.4, 0.5) is 0 Å². The Morgan fingerprint density at radius 1 is 0.906 bits per heavy atom. The molecule has 0 spiro atoms. The van der Waals surface area contributed by atoms with Gasteiger partial charge in [0.25, 0.3) is 5.91 Å². The fraction of sp³-hybridized carbons (Fsp3) is 0.154. The third kappa shape index (κ3) is 4.55. The molecule has 5 nitrogen and oxygen atoms in total. The highest BCUT2D eigenvalue weighted by Crippen LogP contribution is 2.26. The summed E-state index contributed by atoms with van der Waals surface area (Å²) in [6.45, 7) is 4.41. The van der Waals surface area contributed by atoms with Crippen molar-refractivity contribution >= 4 is 26.6 Å². The molecule has 0 saturated heterocycles. The van der Waals surface area contributed by atoms with E-state index in [1.165, 1.54) is 17.4 Å². The lowest BCUT2D eigenvalue weighted by Gasteiger charge is -2.12. The standard InChI is InChI=1S/C26H24N2O3S/c1-17-8-11-20(14-18(17)2)25-15-23(22-6-4-5-7-24(22)28-25)26(29)27-16-19-9-12-21(13-10-19)32(3,30)31/h4-15H,16H2,1-3H3,(H,27,29). The number of hydrogen-bond donors (Lipinski definition) is 1. The summed E-state index contributed by atoms with van der Waals surface area (Å²) < 4.78 is 23.3. The van der Waals surface area contributed by atoms with Gasteiger partial charge in [-0.25, -0.2) is 13.4 Å². The largest absolute Gasteiger partial charge is 0.348 e. The smallest absolute Gasteiger partial charge is 0.252 e. The van der Waals surface area contributed by atoms with Crippen LogP contribution in [0.1, 0.15) is 27.0 Å². The Morgan fingerprint density at radius 3 is 2.31 bits per heavy atom. The number of para-hydroxylation sites is 1. The number of pyridine rings is 1. The first kappa shape index (κ1) is 21.7. The first-order chi connectivity index (χ1) is 15.2. The van der Waals surface area contributed by atoms with Crippen LogP contribution in [0.25, 0.3) is 22.2 Å². The Labute approximate surface area is 188 Å². The number of amides is 1. The third-order valence-corrected chi connectivity index (χ3v) is 6.70. The molecule has 0 radical (unpaired) electrons. The second-order valence-electron chi connectivity index (χ2n) is 7.97. The van der Waals surface area contributed by atoms with Gasteiger partial charge < -0.3 is 5.32 Å². The predicted octanol–water partition coefficient (Wildman–Crippen LogP) is 4.85. The van der Waals surface area contributed by atoms with Crippen LogP contribution in [0.15, 0.2) is 77.7 Å². The van der Waals surface area contributed by atoms with Gasteiger partial charge in [0.2, 0.25) is 0 Å². The van der Waals surface area contributed by atoms with Crippen molar-refractivity contribution in [1.82, 2.24) is 10.3 Å². The number of carbonyl (C=O) groups is 1. The zero-order chi connectivity index (χ0) is 22.9. The van der Waals surface area contributed by atoms with E-state index >= 15 is 0 Å². The van der Waals surface area contributed by atoms with E-state index in [4.69, 9.17) is 4.98 Å². The van der Waals surface area contributed by atoms with Gasteiger partial charge in [0.1, 0.15) is 0 Å². The number of aromatic nitrogens is 1. The van der Waals surface area contributed by atoms with E-state index in [2.05, 4.69) is 31.3 Å². The molecule has 162 valence electrons. The van der Waals surface area contributed by atoms with Crippen LogP contribution in [0.5, 0.6) is 0 Å².